The van der Waals surface area contributed by atoms with E-state index in [0.29, 0.717) is 11.7 Å². The van der Waals surface area contributed by atoms with Gasteiger partial charge in [-0.05, 0) is 31.4 Å². The van der Waals surface area contributed by atoms with Crippen LogP contribution in [0.1, 0.15) is 64.0 Å². The van der Waals surface area contributed by atoms with Gasteiger partial charge in [0.25, 0.3) is 0 Å². The Kier molecular flexibility index (Phi) is 5.15. The first-order valence-corrected chi connectivity index (χ1v) is 7.12. The van der Waals surface area contributed by atoms with E-state index >= 15 is 0 Å². The van der Waals surface area contributed by atoms with Crippen LogP contribution >= 0.6 is 0 Å². The molecular weight excluding hydrogens is 252 g/mol. The molecule has 0 saturated carbocycles. The van der Waals surface area contributed by atoms with Crippen LogP contribution in [-0.2, 0) is 5.41 Å². The Bertz CT molecular complexity index is 476. The van der Waals surface area contributed by atoms with Gasteiger partial charge in [-0.15, -0.1) is 0 Å². The Morgan fingerprint density at radius 3 is 2.35 bits per heavy atom. The molecule has 0 saturated heterocycles. The lowest BCUT2D eigenvalue weighted by atomic mass is 9.90. The molecule has 4 heteroatoms. The molecule has 0 amide bonds. The third-order valence-corrected chi connectivity index (χ3v) is 3.06. The van der Waals surface area contributed by atoms with Crippen LogP contribution in [0.5, 0.6) is 0 Å². The van der Waals surface area contributed by atoms with E-state index < -0.39 is 5.97 Å². The lowest BCUT2D eigenvalue weighted by molar-refractivity contribution is 0.0696. The van der Waals surface area contributed by atoms with Crippen molar-refractivity contribution in [1.82, 2.24) is 4.98 Å². The number of aromatic carboxylic acids is 1. The van der Waals surface area contributed by atoms with Crippen LogP contribution in [0.15, 0.2) is 12.1 Å². The van der Waals surface area contributed by atoms with Crippen molar-refractivity contribution in [2.75, 3.05) is 5.32 Å². The van der Waals surface area contributed by atoms with Crippen molar-refractivity contribution in [2.24, 2.45) is 5.92 Å². The summed E-state index contributed by atoms with van der Waals surface area (Å²) in [5, 5.41) is 12.5. The van der Waals surface area contributed by atoms with Gasteiger partial charge in [0.05, 0.1) is 5.56 Å². The number of aromatic nitrogens is 1. The van der Waals surface area contributed by atoms with Crippen molar-refractivity contribution in [3.05, 3.63) is 23.4 Å². The lowest BCUT2D eigenvalue weighted by Gasteiger charge is -2.22. The van der Waals surface area contributed by atoms with Crippen molar-refractivity contribution in [3.8, 4) is 0 Å². The van der Waals surface area contributed by atoms with Gasteiger partial charge in [0.2, 0.25) is 0 Å². The first-order chi connectivity index (χ1) is 9.09. The van der Waals surface area contributed by atoms with Gasteiger partial charge in [0.1, 0.15) is 5.82 Å². The normalized spacial score (nSPS) is 13.3. The van der Waals surface area contributed by atoms with Crippen molar-refractivity contribution in [3.63, 3.8) is 0 Å². The number of nitrogens with zero attached hydrogens (tertiary/aromatic N) is 1. The van der Waals surface area contributed by atoms with Gasteiger partial charge in [-0.3, -0.25) is 0 Å². The first kappa shape index (κ1) is 16.5. The highest BCUT2D eigenvalue weighted by Gasteiger charge is 2.19. The standard InChI is InChI=1S/C16H26N2O2/c1-10(2)7-11(3)17-14-9-12(15(19)20)8-13(18-14)16(4,5)6/h8-11H,7H2,1-6H3,(H,17,18)(H,19,20). The highest BCUT2D eigenvalue weighted by Crippen LogP contribution is 2.24. The number of carboxylic acids is 1. The highest BCUT2D eigenvalue weighted by molar-refractivity contribution is 5.88. The maximum Gasteiger partial charge on any atom is 0.335 e. The smallest absolute Gasteiger partial charge is 0.335 e. The van der Waals surface area contributed by atoms with Crippen molar-refractivity contribution < 1.29 is 9.90 Å². The zero-order valence-electron chi connectivity index (χ0n) is 13.3. The summed E-state index contributed by atoms with van der Waals surface area (Å²) in [5.74, 6) is 0.308. The number of anilines is 1. The van der Waals surface area contributed by atoms with Gasteiger partial charge < -0.3 is 10.4 Å². The molecule has 0 aliphatic carbocycles. The highest BCUT2D eigenvalue weighted by atomic mass is 16.4. The summed E-state index contributed by atoms with van der Waals surface area (Å²) in [7, 11) is 0. The number of hydrogen-bond acceptors (Lipinski definition) is 3. The first-order valence-electron chi connectivity index (χ1n) is 7.12. The van der Waals surface area contributed by atoms with Crippen LogP contribution in [-0.4, -0.2) is 22.1 Å². The van der Waals surface area contributed by atoms with Crippen molar-refractivity contribution >= 4 is 11.8 Å². The molecular formula is C16H26N2O2. The number of nitrogens with one attached hydrogen (secondary N) is 1. The van der Waals surface area contributed by atoms with Crippen LogP contribution in [0, 0.1) is 5.92 Å². The number of hydrogen-bond donors (Lipinski definition) is 2. The monoisotopic (exact) mass is 278 g/mol. The summed E-state index contributed by atoms with van der Waals surface area (Å²) in [6.45, 7) is 12.5. The Morgan fingerprint density at radius 1 is 1.30 bits per heavy atom. The van der Waals surface area contributed by atoms with E-state index in [2.05, 4.69) is 31.1 Å². The number of carbonyl (C=O) groups is 1. The van der Waals surface area contributed by atoms with E-state index in [0.717, 1.165) is 12.1 Å². The fourth-order valence-electron chi connectivity index (χ4n) is 2.13. The van der Waals surface area contributed by atoms with Crippen LogP contribution in [0.2, 0.25) is 0 Å². The molecule has 1 aromatic heterocycles. The molecule has 1 rings (SSSR count). The molecule has 0 bridgehead atoms. The molecule has 0 aliphatic rings. The van der Waals surface area contributed by atoms with Crippen LogP contribution in [0.25, 0.3) is 0 Å². The van der Waals surface area contributed by atoms with Gasteiger partial charge in [-0.25, -0.2) is 9.78 Å². The van der Waals surface area contributed by atoms with E-state index in [1.54, 1.807) is 12.1 Å². The second-order valence-electron chi connectivity index (χ2n) is 6.86. The predicted octanol–water partition coefficient (Wildman–Crippen LogP) is 3.92. The van der Waals surface area contributed by atoms with Crippen LogP contribution < -0.4 is 5.32 Å². The Morgan fingerprint density at radius 2 is 1.90 bits per heavy atom. The molecule has 20 heavy (non-hydrogen) atoms. The van der Waals surface area contributed by atoms with E-state index in [1.807, 2.05) is 20.8 Å². The van der Waals surface area contributed by atoms with Gasteiger partial charge >= 0.3 is 5.97 Å². The molecule has 0 radical (unpaired) electrons. The number of carboxylic acid groups (broad SMARTS) is 1. The summed E-state index contributed by atoms with van der Waals surface area (Å²) in [5.41, 5.74) is 0.893. The quantitative estimate of drug-likeness (QED) is 0.856. The van der Waals surface area contributed by atoms with Gasteiger partial charge in [-0.2, -0.15) is 0 Å². The van der Waals surface area contributed by atoms with Gasteiger partial charge in [0.15, 0.2) is 0 Å². The van der Waals surface area contributed by atoms with E-state index in [1.165, 1.54) is 0 Å². The molecule has 0 spiro atoms. The predicted molar refractivity (Wildman–Crippen MR) is 82.4 cm³/mol. The summed E-state index contributed by atoms with van der Waals surface area (Å²) < 4.78 is 0. The van der Waals surface area contributed by atoms with E-state index in [-0.39, 0.29) is 17.0 Å². The van der Waals surface area contributed by atoms with E-state index in [4.69, 9.17) is 0 Å². The van der Waals surface area contributed by atoms with Crippen LogP contribution in [0.3, 0.4) is 0 Å². The minimum Gasteiger partial charge on any atom is -0.478 e. The Labute approximate surface area is 121 Å². The Hall–Kier alpha value is -1.58. The second-order valence-corrected chi connectivity index (χ2v) is 6.86. The molecule has 4 nitrogen and oxygen atoms in total. The molecule has 2 N–H and O–H groups in total. The molecule has 112 valence electrons. The molecule has 1 unspecified atom stereocenters. The molecule has 1 atom stereocenters. The zero-order valence-corrected chi connectivity index (χ0v) is 13.3. The molecule has 0 aromatic carbocycles. The van der Waals surface area contributed by atoms with Crippen LogP contribution in [0.4, 0.5) is 5.82 Å². The van der Waals surface area contributed by atoms with Crippen molar-refractivity contribution in [2.45, 2.75) is 59.4 Å². The third kappa shape index (κ3) is 4.83. The third-order valence-electron chi connectivity index (χ3n) is 3.06. The molecule has 0 aliphatic heterocycles. The largest absolute Gasteiger partial charge is 0.478 e. The number of pyridine rings is 1. The Balaban J connectivity index is 3.07. The van der Waals surface area contributed by atoms with Gasteiger partial charge in [-0.1, -0.05) is 34.6 Å². The molecule has 1 aromatic rings. The average Bonchev–Trinajstić information content (AvgIpc) is 2.25. The number of rotatable bonds is 5. The fourth-order valence-corrected chi connectivity index (χ4v) is 2.13. The van der Waals surface area contributed by atoms with Crippen molar-refractivity contribution in [1.29, 1.82) is 0 Å². The lowest BCUT2D eigenvalue weighted by Crippen LogP contribution is -2.21. The summed E-state index contributed by atoms with van der Waals surface area (Å²) in [6.07, 6.45) is 1.02. The topological polar surface area (TPSA) is 62.2 Å². The molecule has 1 heterocycles. The summed E-state index contributed by atoms with van der Waals surface area (Å²) in [6, 6.07) is 3.52. The minimum absolute atomic E-state index is 0.177. The zero-order chi connectivity index (χ0) is 15.5. The summed E-state index contributed by atoms with van der Waals surface area (Å²) in [4.78, 5) is 15.8. The van der Waals surface area contributed by atoms with Gasteiger partial charge in [0, 0.05) is 17.2 Å². The summed E-state index contributed by atoms with van der Waals surface area (Å²) >= 11 is 0. The van der Waals surface area contributed by atoms with E-state index in [9.17, 15) is 9.90 Å². The fraction of sp³-hybridized carbons (Fsp3) is 0.625. The maximum absolute atomic E-state index is 11.2. The SMILES string of the molecule is CC(C)CC(C)Nc1cc(C(=O)O)cc(C(C)(C)C)n1. The second kappa shape index (κ2) is 6.25. The maximum atomic E-state index is 11.2. The molecule has 0 fully saturated rings. The average molecular weight is 278 g/mol. The minimum atomic E-state index is -0.919.